The normalized spacial score (nSPS) is 24.8. The molecular weight excluding hydrogens is 242 g/mol. The molecule has 0 aromatic heterocycles. The summed E-state index contributed by atoms with van der Waals surface area (Å²) in [6.07, 6.45) is 3.66. The summed E-state index contributed by atoms with van der Waals surface area (Å²) in [5.74, 6) is -0.154. The Morgan fingerprint density at radius 2 is 2.06 bits per heavy atom. The molecule has 5 nitrogen and oxygen atoms in total. The number of methoxy groups -OCH3 is 1. The van der Waals surface area contributed by atoms with E-state index in [0.29, 0.717) is 12.3 Å². The highest BCUT2D eigenvalue weighted by Crippen LogP contribution is 2.27. The van der Waals surface area contributed by atoms with Crippen molar-refractivity contribution in [2.75, 3.05) is 18.6 Å². The molecule has 0 saturated heterocycles. The lowest BCUT2D eigenvalue weighted by atomic mass is 10.0. The maximum absolute atomic E-state index is 11.7. The van der Waals surface area contributed by atoms with Crippen LogP contribution in [0.2, 0.25) is 0 Å². The van der Waals surface area contributed by atoms with E-state index in [0.717, 1.165) is 19.3 Å². The number of carbonyl (C=O) groups excluding carboxylic acids is 1. The molecule has 100 valence electrons. The molecule has 0 aromatic rings. The lowest BCUT2D eigenvalue weighted by Gasteiger charge is -2.14. The molecule has 0 radical (unpaired) electrons. The second-order valence-electron chi connectivity index (χ2n) is 4.62. The predicted molar refractivity (Wildman–Crippen MR) is 65.2 cm³/mol. The van der Waals surface area contributed by atoms with Crippen molar-refractivity contribution < 1.29 is 17.9 Å². The molecule has 1 fully saturated rings. The second-order valence-corrected chi connectivity index (χ2v) is 6.93. The van der Waals surface area contributed by atoms with Gasteiger partial charge >= 0.3 is 5.97 Å². The van der Waals surface area contributed by atoms with E-state index in [1.54, 1.807) is 0 Å². The number of carbonyl (C=O) groups is 1. The van der Waals surface area contributed by atoms with Crippen molar-refractivity contribution in [2.24, 2.45) is 11.7 Å². The van der Waals surface area contributed by atoms with Gasteiger partial charge in [-0.05, 0) is 25.2 Å². The SMILES string of the molecule is COC(=O)CCS(=O)(=O)CCC1CCCC1N. The van der Waals surface area contributed by atoms with Crippen molar-refractivity contribution in [1.29, 1.82) is 0 Å². The molecule has 1 aliphatic rings. The van der Waals surface area contributed by atoms with Crippen LogP contribution in [0.4, 0.5) is 0 Å². The zero-order valence-electron chi connectivity index (χ0n) is 10.2. The zero-order valence-corrected chi connectivity index (χ0v) is 11.0. The predicted octanol–water partition coefficient (Wildman–Crippen LogP) is 0.482. The Labute approximate surface area is 103 Å². The molecule has 0 aliphatic heterocycles. The van der Waals surface area contributed by atoms with Gasteiger partial charge in [0.15, 0.2) is 9.84 Å². The fraction of sp³-hybridized carbons (Fsp3) is 0.909. The number of esters is 1. The zero-order chi connectivity index (χ0) is 12.9. The monoisotopic (exact) mass is 263 g/mol. The molecule has 2 N–H and O–H groups in total. The van der Waals surface area contributed by atoms with Gasteiger partial charge in [-0.1, -0.05) is 6.42 Å². The number of sulfone groups is 1. The Hall–Kier alpha value is -0.620. The van der Waals surface area contributed by atoms with E-state index in [2.05, 4.69) is 4.74 Å². The molecule has 0 bridgehead atoms. The summed E-state index contributed by atoms with van der Waals surface area (Å²) in [6, 6.07) is 0.144. The third-order valence-electron chi connectivity index (χ3n) is 3.36. The molecule has 2 unspecified atom stereocenters. The topological polar surface area (TPSA) is 86.5 Å². The Morgan fingerprint density at radius 3 is 2.59 bits per heavy atom. The molecule has 0 amide bonds. The van der Waals surface area contributed by atoms with Gasteiger partial charge in [-0.3, -0.25) is 4.79 Å². The van der Waals surface area contributed by atoms with Crippen LogP contribution < -0.4 is 5.73 Å². The van der Waals surface area contributed by atoms with Crippen molar-refractivity contribution in [3.05, 3.63) is 0 Å². The molecule has 0 heterocycles. The van der Waals surface area contributed by atoms with E-state index in [4.69, 9.17) is 5.73 Å². The molecule has 0 spiro atoms. The van der Waals surface area contributed by atoms with Gasteiger partial charge in [-0.15, -0.1) is 0 Å². The van der Waals surface area contributed by atoms with Gasteiger partial charge in [0.1, 0.15) is 0 Å². The number of rotatable bonds is 6. The van der Waals surface area contributed by atoms with Crippen LogP contribution in [-0.2, 0) is 19.4 Å². The van der Waals surface area contributed by atoms with Crippen molar-refractivity contribution in [2.45, 2.75) is 38.1 Å². The highest BCUT2D eigenvalue weighted by molar-refractivity contribution is 7.91. The first-order valence-corrected chi connectivity index (χ1v) is 7.79. The largest absolute Gasteiger partial charge is 0.469 e. The number of nitrogens with two attached hydrogens (primary N) is 1. The minimum Gasteiger partial charge on any atom is -0.469 e. The molecule has 1 aliphatic carbocycles. The van der Waals surface area contributed by atoms with Crippen LogP contribution in [0.25, 0.3) is 0 Å². The molecule has 1 saturated carbocycles. The minimum atomic E-state index is -3.15. The van der Waals surface area contributed by atoms with Crippen molar-refractivity contribution >= 4 is 15.8 Å². The minimum absolute atomic E-state index is 0.0600. The highest BCUT2D eigenvalue weighted by Gasteiger charge is 2.25. The Bertz CT molecular complexity index is 352. The van der Waals surface area contributed by atoms with E-state index < -0.39 is 15.8 Å². The van der Waals surface area contributed by atoms with E-state index in [1.165, 1.54) is 7.11 Å². The van der Waals surface area contributed by atoms with Crippen molar-refractivity contribution in [3.63, 3.8) is 0 Å². The van der Waals surface area contributed by atoms with Gasteiger partial charge in [0.25, 0.3) is 0 Å². The van der Waals surface area contributed by atoms with Gasteiger partial charge < -0.3 is 10.5 Å². The van der Waals surface area contributed by atoms with Crippen molar-refractivity contribution in [3.8, 4) is 0 Å². The second kappa shape index (κ2) is 6.35. The van der Waals surface area contributed by atoms with E-state index in [9.17, 15) is 13.2 Å². The summed E-state index contributed by atoms with van der Waals surface area (Å²) in [5, 5.41) is 0. The maximum Gasteiger partial charge on any atom is 0.306 e. The molecule has 6 heteroatoms. The lowest BCUT2D eigenvalue weighted by Crippen LogP contribution is -2.27. The summed E-state index contributed by atoms with van der Waals surface area (Å²) in [5.41, 5.74) is 5.88. The van der Waals surface area contributed by atoms with Crippen LogP contribution in [0.3, 0.4) is 0 Å². The number of ether oxygens (including phenoxy) is 1. The van der Waals surface area contributed by atoms with Crippen molar-refractivity contribution in [1.82, 2.24) is 0 Å². The van der Waals surface area contributed by atoms with Crippen LogP contribution in [0, 0.1) is 5.92 Å². The van der Waals surface area contributed by atoms with Crippen LogP contribution in [-0.4, -0.2) is 39.0 Å². The third-order valence-corrected chi connectivity index (χ3v) is 5.05. The summed E-state index contributed by atoms with van der Waals surface area (Å²) >= 11 is 0. The average molecular weight is 263 g/mol. The first-order valence-electron chi connectivity index (χ1n) is 5.97. The number of hydrogen-bond acceptors (Lipinski definition) is 5. The smallest absolute Gasteiger partial charge is 0.306 e. The fourth-order valence-electron chi connectivity index (χ4n) is 2.20. The summed E-state index contributed by atoms with van der Waals surface area (Å²) in [7, 11) is -1.90. The Balaban J connectivity index is 2.31. The average Bonchev–Trinajstić information content (AvgIpc) is 2.69. The Kier molecular flexibility index (Phi) is 5.39. The van der Waals surface area contributed by atoms with Crippen LogP contribution in [0.15, 0.2) is 0 Å². The van der Waals surface area contributed by atoms with Crippen LogP contribution in [0.5, 0.6) is 0 Å². The molecule has 0 aromatic carbocycles. The van der Waals surface area contributed by atoms with Crippen LogP contribution >= 0.6 is 0 Å². The van der Waals surface area contributed by atoms with Gasteiger partial charge in [0, 0.05) is 6.04 Å². The quantitative estimate of drug-likeness (QED) is 0.704. The molecule has 1 rings (SSSR count). The van der Waals surface area contributed by atoms with E-state index in [-0.39, 0.29) is 24.0 Å². The summed E-state index contributed by atoms with van der Waals surface area (Å²) < 4.78 is 27.7. The Morgan fingerprint density at radius 1 is 1.35 bits per heavy atom. The summed E-state index contributed by atoms with van der Waals surface area (Å²) in [6.45, 7) is 0. The first kappa shape index (κ1) is 14.4. The highest BCUT2D eigenvalue weighted by atomic mass is 32.2. The molecular formula is C11H21NO4S. The van der Waals surface area contributed by atoms with Gasteiger partial charge in [0.2, 0.25) is 0 Å². The third kappa shape index (κ3) is 5.04. The fourth-order valence-corrected chi connectivity index (χ4v) is 3.54. The first-order chi connectivity index (χ1) is 7.94. The van der Waals surface area contributed by atoms with Gasteiger partial charge in [-0.2, -0.15) is 0 Å². The summed E-state index contributed by atoms with van der Waals surface area (Å²) in [4.78, 5) is 10.9. The van der Waals surface area contributed by atoms with Gasteiger partial charge in [0.05, 0.1) is 25.0 Å². The lowest BCUT2D eigenvalue weighted by molar-refractivity contribution is -0.140. The standard InChI is InChI=1S/C11H21NO4S/c1-16-11(13)6-8-17(14,15)7-5-9-3-2-4-10(9)12/h9-10H,2-8,12H2,1H3. The van der Waals surface area contributed by atoms with Crippen LogP contribution in [0.1, 0.15) is 32.1 Å². The number of hydrogen-bond donors (Lipinski definition) is 1. The van der Waals surface area contributed by atoms with Gasteiger partial charge in [-0.25, -0.2) is 8.42 Å². The molecule has 2 atom stereocenters. The molecule has 17 heavy (non-hydrogen) atoms. The van der Waals surface area contributed by atoms with E-state index in [1.807, 2.05) is 0 Å². The van der Waals surface area contributed by atoms with E-state index >= 15 is 0 Å². The maximum atomic E-state index is 11.7.